The van der Waals surface area contributed by atoms with Gasteiger partial charge in [0, 0.05) is 30.1 Å². The van der Waals surface area contributed by atoms with E-state index in [9.17, 15) is 9.59 Å². The molecule has 2 aromatic rings. The van der Waals surface area contributed by atoms with Gasteiger partial charge in [-0.05, 0) is 50.0 Å². The van der Waals surface area contributed by atoms with E-state index in [1.807, 2.05) is 45.2 Å². The van der Waals surface area contributed by atoms with E-state index in [4.69, 9.17) is 4.74 Å². The zero-order chi connectivity index (χ0) is 20.0. The first-order valence-electron chi connectivity index (χ1n) is 9.06. The van der Waals surface area contributed by atoms with Crippen LogP contribution in [0.3, 0.4) is 0 Å². The number of benzene rings is 1. The molecule has 1 aromatic heterocycles. The number of ether oxygens (including phenoxy) is 1. The van der Waals surface area contributed by atoms with Crippen molar-refractivity contribution in [1.29, 1.82) is 0 Å². The van der Waals surface area contributed by atoms with Crippen LogP contribution in [0.4, 0.5) is 5.69 Å². The molecular weight excluding hydrogens is 342 g/mol. The van der Waals surface area contributed by atoms with Crippen LogP contribution in [0.25, 0.3) is 6.08 Å². The predicted molar refractivity (Wildman–Crippen MR) is 106 cm³/mol. The van der Waals surface area contributed by atoms with Crippen LogP contribution >= 0.6 is 0 Å². The number of nitrogens with zero attached hydrogens (tertiary/aromatic N) is 2. The molecule has 0 aliphatic carbocycles. The Morgan fingerprint density at radius 1 is 1.26 bits per heavy atom. The van der Waals surface area contributed by atoms with Crippen LogP contribution in [0.1, 0.15) is 48.7 Å². The van der Waals surface area contributed by atoms with Gasteiger partial charge in [-0.3, -0.25) is 9.48 Å². The number of hydrogen-bond donors (Lipinski definition) is 1. The average Bonchev–Trinajstić information content (AvgIpc) is 2.90. The van der Waals surface area contributed by atoms with Gasteiger partial charge in [-0.25, -0.2) is 4.79 Å². The van der Waals surface area contributed by atoms with E-state index in [0.717, 1.165) is 23.4 Å². The second-order valence-electron chi connectivity index (χ2n) is 6.63. The molecule has 0 saturated carbocycles. The molecule has 144 valence electrons. The monoisotopic (exact) mass is 369 g/mol. The van der Waals surface area contributed by atoms with Gasteiger partial charge in [0.15, 0.2) is 6.61 Å². The van der Waals surface area contributed by atoms with Crippen LogP contribution in [0, 0.1) is 13.8 Å². The molecule has 0 fully saturated rings. The molecule has 27 heavy (non-hydrogen) atoms. The van der Waals surface area contributed by atoms with Crippen molar-refractivity contribution in [2.75, 3.05) is 11.9 Å². The van der Waals surface area contributed by atoms with E-state index < -0.39 is 5.97 Å². The van der Waals surface area contributed by atoms with Gasteiger partial charge in [0.1, 0.15) is 0 Å². The van der Waals surface area contributed by atoms with Crippen LogP contribution in [0.5, 0.6) is 0 Å². The predicted octanol–water partition coefficient (Wildman–Crippen LogP) is 3.75. The molecule has 0 aliphatic rings. The van der Waals surface area contributed by atoms with E-state index in [1.54, 1.807) is 10.8 Å². The first kappa shape index (κ1) is 20.4. The third kappa shape index (κ3) is 5.54. The van der Waals surface area contributed by atoms with Crippen LogP contribution < -0.4 is 5.32 Å². The summed E-state index contributed by atoms with van der Waals surface area (Å²) in [6.07, 6.45) is 4.03. The minimum atomic E-state index is -0.570. The first-order chi connectivity index (χ1) is 12.8. The third-order valence-electron chi connectivity index (χ3n) is 4.67. The molecule has 1 amide bonds. The first-order valence-corrected chi connectivity index (χ1v) is 9.06. The lowest BCUT2D eigenvalue weighted by molar-refractivity contribution is -0.142. The van der Waals surface area contributed by atoms with Gasteiger partial charge in [0.05, 0.1) is 5.69 Å². The molecule has 1 heterocycles. The number of anilines is 1. The van der Waals surface area contributed by atoms with Gasteiger partial charge in [-0.15, -0.1) is 0 Å². The minimum absolute atomic E-state index is 0.332. The maximum Gasteiger partial charge on any atom is 0.331 e. The summed E-state index contributed by atoms with van der Waals surface area (Å²) < 4.78 is 6.75. The number of nitrogens with one attached hydrogen (secondary N) is 1. The molecule has 0 spiro atoms. The maximum absolute atomic E-state index is 12.0. The summed E-state index contributed by atoms with van der Waals surface area (Å²) in [7, 11) is 1.85. The Bertz CT molecular complexity index is 835. The van der Waals surface area contributed by atoms with Crippen LogP contribution in [-0.4, -0.2) is 28.3 Å². The van der Waals surface area contributed by atoms with Gasteiger partial charge in [-0.2, -0.15) is 5.10 Å². The molecule has 0 unspecified atom stereocenters. The number of rotatable bonds is 7. The Hall–Kier alpha value is -2.89. The van der Waals surface area contributed by atoms with Crippen molar-refractivity contribution in [1.82, 2.24) is 9.78 Å². The fourth-order valence-electron chi connectivity index (χ4n) is 2.70. The summed E-state index contributed by atoms with van der Waals surface area (Å²) in [4.78, 5) is 23.8. The van der Waals surface area contributed by atoms with Gasteiger partial charge < -0.3 is 10.1 Å². The Morgan fingerprint density at radius 2 is 1.93 bits per heavy atom. The fourth-order valence-corrected chi connectivity index (χ4v) is 2.70. The molecular formula is C21H27N3O3. The SMILES string of the molecule is CC[C@@H](C)c1ccc(NC(=O)COC(=O)/C=C/c2c(C)nn(C)c2C)cc1. The molecule has 0 radical (unpaired) electrons. The van der Waals surface area contributed by atoms with Gasteiger partial charge >= 0.3 is 5.97 Å². The summed E-state index contributed by atoms with van der Waals surface area (Å²) in [5.74, 6) is -0.462. The highest BCUT2D eigenvalue weighted by Gasteiger charge is 2.09. The van der Waals surface area contributed by atoms with Crippen molar-refractivity contribution in [3.05, 3.63) is 52.9 Å². The fraction of sp³-hybridized carbons (Fsp3) is 0.381. The standard InChI is InChI=1S/C21H27N3O3/c1-6-14(2)17-7-9-18(10-8-17)22-20(25)13-27-21(26)12-11-19-15(3)23-24(5)16(19)4/h7-12,14H,6,13H2,1-5H3,(H,22,25)/b12-11+/t14-/m1/s1. The van der Waals surface area contributed by atoms with E-state index in [2.05, 4.69) is 24.3 Å². The number of esters is 1. The molecule has 0 bridgehead atoms. The molecule has 1 atom stereocenters. The number of carbonyl (C=O) groups is 2. The Balaban J connectivity index is 1.84. The minimum Gasteiger partial charge on any atom is -0.452 e. The number of hydrogen-bond acceptors (Lipinski definition) is 4. The molecule has 6 nitrogen and oxygen atoms in total. The quantitative estimate of drug-likeness (QED) is 0.596. The highest BCUT2D eigenvalue weighted by Crippen LogP contribution is 2.20. The van der Waals surface area contributed by atoms with Gasteiger partial charge in [0.25, 0.3) is 5.91 Å². The topological polar surface area (TPSA) is 73.2 Å². The Morgan fingerprint density at radius 3 is 2.48 bits per heavy atom. The molecule has 2 rings (SSSR count). The highest BCUT2D eigenvalue weighted by atomic mass is 16.5. The third-order valence-corrected chi connectivity index (χ3v) is 4.67. The van der Waals surface area contributed by atoms with Crippen LogP contribution in [0.15, 0.2) is 30.3 Å². The summed E-state index contributed by atoms with van der Waals surface area (Å²) in [5, 5.41) is 7.00. The van der Waals surface area contributed by atoms with E-state index >= 15 is 0 Å². The second-order valence-corrected chi connectivity index (χ2v) is 6.63. The number of carbonyl (C=O) groups excluding carboxylic acids is 2. The number of aromatic nitrogens is 2. The largest absolute Gasteiger partial charge is 0.452 e. The molecule has 6 heteroatoms. The Labute approximate surface area is 160 Å². The summed E-state index contributed by atoms with van der Waals surface area (Å²) in [6, 6.07) is 7.71. The van der Waals surface area contributed by atoms with Gasteiger partial charge in [0.2, 0.25) is 0 Å². The molecule has 0 saturated heterocycles. The lowest BCUT2D eigenvalue weighted by atomic mass is 9.99. The zero-order valence-corrected chi connectivity index (χ0v) is 16.6. The van der Waals surface area contributed by atoms with E-state index in [1.165, 1.54) is 11.6 Å². The van der Waals surface area contributed by atoms with Crippen molar-refractivity contribution in [3.63, 3.8) is 0 Å². The Kier molecular flexibility index (Phi) is 6.93. The zero-order valence-electron chi connectivity index (χ0n) is 16.6. The van der Waals surface area contributed by atoms with Gasteiger partial charge in [-0.1, -0.05) is 26.0 Å². The van der Waals surface area contributed by atoms with E-state index in [0.29, 0.717) is 11.6 Å². The second kappa shape index (κ2) is 9.16. The lowest BCUT2D eigenvalue weighted by Gasteiger charge is -2.10. The summed E-state index contributed by atoms with van der Waals surface area (Å²) in [6.45, 7) is 7.76. The van der Waals surface area contributed by atoms with Crippen LogP contribution in [-0.2, 0) is 21.4 Å². The van der Waals surface area contributed by atoms with Crippen molar-refractivity contribution >= 4 is 23.6 Å². The van der Waals surface area contributed by atoms with Crippen molar-refractivity contribution in [3.8, 4) is 0 Å². The van der Waals surface area contributed by atoms with Crippen molar-refractivity contribution in [2.24, 2.45) is 7.05 Å². The molecule has 0 aliphatic heterocycles. The lowest BCUT2D eigenvalue weighted by Crippen LogP contribution is -2.20. The average molecular weight is 369 g/mol. The smallest absolute Gasteiger partial charge is 0.331 e. The van der Waals surface area contributed by atoms with E-state index in [-0.39, 0.29) is 12.5 Å². The highest BCUT2D eigenvalue weighted by molar-refractivity contribution is 5.94. The maximum atomic E-state index is 12.0. The summed E-state index contributed by atoms with van der Waals surface area (Å²) in [5.41, 5.74) is 4.57. The van der Waals surface area contributed by atoms with Crippen molar-refractivity contribution in [2.45, 2.75) is 40.0 Å². The normalized spacial score (nSPS) is 12.2. The number of amides is 1. The molecule has 1 aromatic carbocycles. The number of aryl methyl sites for hydroxylation is 2. The van der Waals surface area contributed by atoms with Crippen LogP contribution in [0.2, 0.25) is 0 Å². The molecule has 1 N–H and O–H groups in total. The van der Waals surface area contributed by atoms with Crippen molar-refractivity contribution < 1.29 is 14.3 Å². The summed E-state index contributed by atoms with van der Waals surface area (Å²) >= 11 is 0.